The molecule has 9 nitrogen and oxygen atoms in total. The van der Waals surface area contributed by atoms with Crippen LogP contribution in [0.5, 0.6) is 11.6 Å². The molecule has 1 fully saturated rings. The lowest BCUT2D eigenvalue weighted by Crippen LogP contribution is -2.45. The van der Waals surface area contributed by atoms with Gasteiger partial charge >= 0.3 is 6.03 Å². The molecular formula is C25H27FN6O3. The summed E-state index contributed by atoms with van der Waals surface area (Å²) in [5.41, 5.74) is 2.88. The molecule has 3 aromatic rings. The molecule has 2 aliphatic heterocycles. The van der Waals surface area contributed by atoms with Crippen molar-refractivity contribution < 1.29 is 18.7 Å². The van der Waals surface area contributed by atoms with Gasteiger partial charge < -0.3 is 25.0 Å². The standard InChI is InChI=1S/C25H27FN6O3/c1-34-18-6-2-5-17(12-18)29-25(33)32-11-8-21-19(15-32)24(35-22-7-10-28-14-20(22)26)31-23(30-21)16-4-3-9-27-13-16/h2-6,9,12-13,20,22,28H,7-8,10-11,14-15H2,1H3,(H,29,33). The normalized spacial score (nSPS) is 19.5. The van der Waals surface area contributed by atoms with Gasteiger partial charge in [0.25, 0.3) is 0 Å². The minimum atomic E-state index is -1.15. The van der Waals surface area contributed by atoms with Gasteiger partial charge in [-0.2, -0.15) is 4.98 Å². The summed E-state index contributed by atoms with van der Waals surface area (Å²) < 4.78 is 26.0. The van der Waals surface area contributed by atoms with Crippen LogP contribution in [0.4, 0.5) is 14.9 Å². The summed E-state index contributed by atoms with van der Waals surface area (Å²) >= 11 is 0. The molecule has 1 saturated heterocycles. The molecular weight excluding hydrogens is 451 g/mol. The number of carbonyl (C=O) groups excluding carboxylic acids is 1. The summed E-state index contributed by atoms with van der Waals surface area (Å²) in [5.74, 6) is 1.45. The van der Waals surface area contributed by atoms with E-state index >= 15 is 0 Å². The lowest BCUT2D eigenvalue weighted by molar-refractivity contribution is 0.0674. The zero-order valence-electron chi connectivity index (χ0n) is 19.4. The second kappa shape index (κ2) is 10.2. The van der Waals surface area contributed by atoms with Crippen LogP contribution in [0.1, 0.15) is 17.7 Å². The van der Waals surface area contributed by atoms with Gasteiger partial charge in [0.2, 0.25) is 5.88 Å². The fourth-order valence-electron chi connectivity index (χ4n) is 4.25. The Hall–Kier alpha value is -3.79. The number of pyridine rings is 1. The molecule has 2 atom stereocenters. The quantitative estimate of drug-likeness (QED) is 0.581. The molecule has 5 rings (SSSR count). The van der Waals surface area contributed by atoms with Crippen molar-refractivity contribution in [3.8, 4) is 23.0 Å². The zero-order valence-corrected chi connectivity index (χ0v) is 19.4. The first kappa shape index (κ1) is 23.0. The van der Waals surface area contributed by atoms with Gasteiger partial charge in [-0.25, -0.2) is 14.2 Å². The minimum Gasteiger partial charge on any atom is -0.497 e. The number of nitrogens with one attached hydrogen (secondary N) is 2. The van der Waals surface area contributed by atoms with Gasteiger partial charge in [-0.1, -0.05) is 6.07 Å². The van der Waals surface area contributed by atoms with Crippen LogP contribution in [-0.4, -0.2) is 64.9 Å². The number of carbonyl (C=O) groups is 1. The fraction of sp³-hybridized carbons (Fsp3) is 0.360. The second-order valence-corrected chi connectivity index (χ2v) is 8.52. The number of hydrogen-bond donors (Lipinski definition) is 2. The minimum absolute atomic E-state index is 0.239. The van der Waals surface area contributed by atoms with Crippen LogP contribution >= 0.6 is 0 Å². The number of aromatic nitrogens is 3. The van der Waals surface area contributed by atoms with E-state index in [2.05, 4.69) is 20.6 Å². The molecule has 2 aliphatic rings. The molecule has 4 heterocycles. The van der Waals surface area contributed by atoms with Crippen LogP contribution in [-0.2, 0) is 13.0 Å². The predicted molar refractivity (Wildman–Crippen MR) is 128 cm³/mol. The smallest absolute Gasteiger partial charge is 0.322 e. The number of ether oxygens (including phenoxy) is 2. The van der Waals surface area contributed by atoms with E-state index in [1.165, 1.54) is 0 Å². The zero-order chi connectivity index (χ0) is 24.2. The molecule has 2 aromatic heterocycles. The lowest BCUT2D eigenvalue weighted by Gasteiger charge is -2.32. The summed E-state index contributed by atoms with van der Waals surface area (Å²) in [5, 5.41) is 5.95. The van der Waals surface area contributed by atoms with Crippen LogP contribution in [0.25, 0.3) is 11.4 Å². The van der Waals surface area contributed by atoms with E-state index in [1.807, 2.05) is 24.3 Å². The molecule has 182 valence electrons. The maximum atomic E-state index is 14.6. The third kappa shape index (κ3) is 5.17. The van der Waals surface area contributed by atoms with E-state index in [9.17, 15) is 9.18 Å². The van der Waals surface area contributed by atoms with Crippen LogP contribution < -0.4 is 20.1 Å². The topological polar surface area (TPSA) is 102 Å². The van der Waals surface area contributed by atoms with Crippen LogP contribution in [0, 0.1) is 0 Å². The van der Waals surface area contributed by atoms with Gasteiger partial charge in [0.15, 0.2) is 5.82 Å². The highest BCUT2D eigenvalue weighted by molar-refractivity contribution is 5.89. The van der Waals surface area contributed by atoms with Crippen molar-refractivity contribution in [2.24, 2.45) is 0 Å². The summed E-state index contributed by atoms with van der Waals surface area (Å²) in [4.78, 5) is 28.3. The van der Waals surface area contributed by atoms with Gasteiger partial charge in [0, 0.05) is 49.2 Å². The van der Waals surface area contributed by atoms with Crippen molar-refractivity contribution in [1.29, 1.82) is 0 Å². The first-order valence-corrected chi connectivity index (χ1v) is 11.6. The SMILES string of the molecule is COc1cccc(NC(=O)N2CCc3nc(-c4cccnc4)nc(OC4CCNCC4F)c3C2)c1. The number of urea groups is 1. The average molecular weight is 479 g/mol. The van der Waals surface area contributed by atoms with Crippen LogP contribution in [0.2, 0.25) is 0 Å². The third-order valence-electron chi connectivity index (χ3n) is 6.16. The largest absolute Gasteiger partial charge is 0.497 e. The second-order valence-electron chi connectivity index (χ2n) is 8.52. The molecule has 2 amide bonds. The van der Waals surface area contributed by atoms with Gasteiger partial charge in [-0.3, -0.25) is 4.98 Å². The Morgan fingerprint density at radius 3 is 2.97 bits per heavy atom. The Balaban J connectivity index is 1.42. The van der Waals surface area contributed by atoms with Crippen LogP contribution in [0.15, 0.2) is 48.8 Å². The molecule has 0 saturated carbocycles. The lowest BCUT2D eigenvalue weighted by atomic mass is 10.1. The number of methoxy groups -OCH3 is 1. The fourth-order valence-corrected chi connectivity index (χ4v) is 4.25. The van der Waals surface area contributed by atoms with E-state index in [1.54, 1.807) is 36.5 Å². The van der Waals surface area contributed by atoms with Gasteiger partial charge in [0.1, 0.15) is 18.0 Å². The maximum Gasteiger partial charge on any atom is 0.322 e. The number of hydrogen-bond acceptors (Lipinski definition) is 7. The highest BCUT2D eigenvalue weighted by Crippen LogP contribution is 2.31. The highest BCUT2D eigenvalue weighted by Gasteiger charge is 2.31. The number of anilines is 1. The number of piperidine rings is 1. The Bertz CT molecular complexity index is 1200. The molecule has 0 spiro atoms. The molecule has 0 aliphatic carbocycles. The number of halogens is 1. The number of rotatable bonds is 5. The first-order valence-electron chi connectivity index (χ1n) is 11.6. The van der Waals surface area contributed by atoms with E-state index < -0.39 is 12.3 Å². The molecule has 10 heteroatoms. The van der Waals surface area contributed by atoms with Crippen molar-refractivity contribution in [2.75, 3.05) is 32.1 Å². The number of alkyl halides is 1. The third-order valence-corrected chi connectivity index (χ3v) is 6.16. The summed E-state index contributed by atoms with van der Waals surface area (Å²) in [6, 6.07) is 10.6. The number of nitrogens with zero attached hydrogens (tertiary/aromatic N) is 4. The monoisotopic (exact) mass is 478 g/mol. The van der Waals surface area contributed by atoms with E-state index in [0.717, 1.165) is 11.3 Å². The number of fused-ring (bicyclic) bond motifs is 1. The van der Waals surface area contributed by atoms with Crippen molar-refractivity contribution in [3.63, 3.8) is 0 Å². The molecule has 0 radical (unpaired) electrons. The van der Waals surface area contributed by atoms with Crippen molar-refractivity contribution in [1.82, 2.24) is 25.2 Å². The Morgan fingerprint density at radius 2 is 2.17 bits per heavy atom. The van der Waals surface area contributed by atoms with E-state index in [-0.39, 0.29) is 19.1 Å². The van der Waals surface area contributed by atoms with Gasteiger partial charge in [-0.05, 0) is 37.2 Å². The van der Waals surface area contributed by atoms with E-state index in [4.69, 9.17) is 14.5 Å². The van der Waals surface area contributed by atoms with Crippen molar-refractivity contribution in [2.45, 2.75) is 31.7 Å². The number of benzene rings is 1. The predicted octanol–water partition coefficient (Wildman–Crippen LogP) is 3.22. The maximum absolute atomic E-state index is 14.6. The molecule has 2 N–H and O–H groups in total. The molecule has 0 bridgehead atoms. The molecule has 1 aromatic carbocycles. The van der Waals surface area contributed by atoms with Gasteiger partial charge in [-0.15, -0.1) is 0 Å². The average Bonchev–Trinajstić information content (AvgIpc) is 2.90. The van der Waals surface area contributed by atoms with Crippen molar-refractivity contribution >= 4 is 11.7 Å². The van der Waals surface area contributed by atoms with E-state index in [0.29, 0.717) is 54.6 Å². The number of amides is 2. The highest BCUT2D eigenvalue weighted by atomic mass is 19.1. The Kier molecular flexibility index (Phi) is 6.71. The summed E-state index contributed by atoms with van der Waals surface area (Å²) in [6.07, 6.45) is 2.66. The first-order chi connectivity index (χ1) is 17.1. The van der Waals surface area contributed by atoms with Crippen molar-refractivity contribution in [3.05, 3.63) is 60.0 Å². The van der Waals surface area contributed by atoms with Crippen LogP contribution in [0.3, 0.4) is 0 Å². The molecule has 2 unspecified atom stereocenters. The summed E-state index contributed by atoms with van der Waals surface area (Å²) in [6.45, 7) is 1.64. The molecule has 35 heavy (non-hydrogen) atoms. The van der Waals surface area contributed by atoms with Gasteiger partial charge in [0.05, 0.1) is 24.9 Å². The summed E-state index contributed by atoms with van der Waals surface area (Å²) in [7, 11) is 1.58. The Morgan fingerprint density at radius 1 is 1.26 bits per heavy atom. The Labute approximate surface area is 202 Å².